The van der Waals surface area contributed by atoms with Gasteiger partial charge >= 0.3 is 0 Å². The quantitative estimate of drug-likeness (QED) is 0.326. The van der Waals surface area contributed by atoms with Crippen molar-refractivity contribution in [3.8, 4) is 0 Å². The van der Waals surface area contributed by atoms with Gasteiger partial charge in [-0.2, -0.15) is 0 Å². The van der Waals surface area contributed by atoms with E-state index in [9.17, 15) is 0 Å². The summed E-state index contributed by atoms with van der Waals surface area (Å²) in [6.45, 7) is 3.22. The molecule has 0 amide bonds. The number of hydrogen-bond acceptors (Lipinski definition) is 5. The van der Waals surface area contributed by atoms with Crippen LogP contribution in [0.15, 0.2) is 40.0 Å². The Morgan fingerprint density at radius 3 is 2.68 bits per heavy atom. The predicted octanol–water partition coefficient (Wildman–Crippen LogP) is 1.37. The molecule has 0 aliphatic carbocycles. The molecule has 0 spiro atoms. The number of aromatic nitrogens is 1. The maximum atomic E-state index is 8.56. The summed E-state index contributed by atoms with van der Waals surface area (Å²) in [5.41, 5.74) is 8.16. The smallest absolute Gasteiger partial charge is 0.170 e. The maximum absolute atomic E-state index is 8.56. The minimum Gasteiger partial charge on any atom is -0.409 e. The van der Waals surface area contributed by atoms with Gasteiger partial charge in [0.25, 0.3) is 0 Å². The van der Waals surface area contributed by atoms with Crippen molar-refractivity contribution >= 4 is 5.84 Å². The zero-order chi connectivity index (χ0) is 13.7. The van der Waals surface area contributed by atoms with Crippen LogP contribution in [0, 0.1) is 6.92 Å². The van der Waals surface area contributed by atoms with Gasteiger partial charge in [-0.25, -0.2) is 0 Å². The van der Waals surface area contributed by atoms with Crippen molar-refractivity contribution in [2.45, 2.75) is 20.0 Å². The Hall–Kier alpha value is -2.34. The molecule has 0 aliphatic rings. The van der Waals surface area contributed by atoms with Crippen LogP contribution in [0.3, 0.4) is 0 Å². The number of amidine groups is 1. The van der Waals surface area contributed by atoms with Crippen LogP contribution in [0.1, 0.15) is 22.6 Å². The number of aryl methyl sites for hydroxylation is 1. The molecule has 1 heterocycles. The molecule has 0 aliphatic heterocycles. The van der Waals surface area contributed by atoms with Crippen LogP contribution in [0.4, 0.5) is 0 Å². The van der Waals surface area contributed by atoms with Crippen molar-refractivity contribution < 1.29 is 9.73 Å². The van der Waals surface area contributed by atoms with Gasteiger partial charge in [0.2, 0.25) is 0 Å². The van der Waals surface area contributed by atoms with Crippen molar-refractivity contribution in [3.05, 3.63) is 52.9 Å². The Bertz CT molecular complexity index is 560. The summed E-state index contributed by atoms with van der Waals surface area (Å²) in [5.74, 6) is 0.919. The molecule has 1 aromatic carbocycles. The average Bonchev–Trinajstić information content (AvgIpc) is 2.84. The van der Waals surface area contributed by atoms with Gasteiger partial charge in [-0.1, -0.05) is 34.6 Å². The molecule has 6 nitrogen and oxygen atoms in total. The molecule has 0 saturated heterocycles. The summed E-state index contributed by atoms with van der Waals surface area (Å²) in [7, 11) is 0. The van der Waals surface area contributed by atoms with E-state index in [1.165, 1.54) is 0 Å². The standard InChI is InChI=1S/C13H16N4O2/c1-9-6-12(19-17-9)8-15-7-10-2-4-11(5-3-10)13(14)16-18/h2-6,15,18H,7-8H2,1H3,(H2,14,16). The van der Waals surface area contributed by atoms with Crippen molar-refractivity contribution in [1.82, 2.24) is 10.5 Å². The summed E-state index contributed by atoms with van der Waals surface area (Å²) in [5, 5.41) is 18.6. The first-order valence-electron chi connectivity index (χ1n) is 5.89. The summed E-state index contributed by atoms with van der Waals surface area (Å²) in [4.78, 5) is 0. The third-order valence-corrected chi connectivity index (χ3v) is 2.66. The van der Waals surface area contributed by atoms with Gasteiger partial charge in [0.05, 0.1) is 12.2 Å². The first-order chi connectivity index (χ1) is 9.19. The van der Waals surface area contributed by atoms with E-state index in [-0.39, 0.29) is 5.84 Å². The molecule has 1 aromatic heterocycles. The van der Waals surface area contributed by atoms with E-state index in [0.29, 0.717) is 18.7 Å². The zero-order valence-electron chi connectivity index (χ0n) is 10.6. The zero-order valence-corrected chi connectivity index (χ0v) is 10.6. The Balaban J connectivity index is 1.86. The van der Waals surface area contributed by atoms with Gasteiger partial charge < -0.3 is 20.8 Å². The Labute approximate surface area is 110 Å². The van der Waals surface area contributed by atoms with Crippen LogP contribution in [-0.2, 0) is 13.1 Å². The molecule has 4 N–H and O–H groups in total. The van der Waals surface area contributed by atoms with Crippen molar-refractivity contribution in [2.24, 2.45) is 10.9 Å². The molecule has 19 heavy (non-hydrogen) atoms. The van der Waals surface area contributed by atoms with E-state index in [0.717, 1.165) is 17.0 Å². The second-order valence-electron chi connectivity index (χ2n) is 4.22. The van der Waals surface area contributed by atoms with Crippen molar-refractivity contribution in [1.29, 1.82) is 0 Å². The highest BCUT2D eigenvalue weighted by Gasteiger charge is 2.01. The summed E-state index contributed by atoms with van der Waals surface area (Å²) < 4.78 is 5.09. The van der Waals surface area contributed by atoms with Crippen LogP contribution in [-0.4, -0.2) is 16.2 Å². The van der Waals surface area contributed by atoms with Crippen LogP contribution in [0.5, 0.6) is 0 Å². The molecule has 6 heteroatoms. The van der Waals surface area contributed by atoms with E-state index >= 15 is 0 Å². The van der Waals surface area contributed by atoms with E-state index < -0.39 is 0 Å². The SMILES string of the molecule is Cc1cc(CNCc2ccc(C(N)=NO)cc2)on1. The molecule has 0 bridgehead atoms. The highest BCUT2D eigenvalue weighted by molar-refractivity contribution is 5.96. The topological polar surface area (TPSA) is 96.7 Å². The lowest BCUT2D eigenvalue weighted by Crippen LogP contribution is -2.14. The molecule has 0 fully saturated rings. The van der Waals surface area contributed by atoms with Gasteiger partial charge in [0.15, 0.2) is 11.6 Å². The van der Waals surface area contributed by atoms with Gasteiger partial charge in [-0.15, -0.1) is 0 Å². The number of oxime groups is 1. The molecule has 2 rings (SSSR count). The number of hydrogen-bond donors (Lipinski definition) is 3. The fraction of sp³-hybridized carbons (Fsp3) is 0.231. The number of nitrogens with two attached hydrogens (primary N) is 1. The number of benzene rings is 1. The second kappa shape index (κ2) is 6.01. The van der Waals surface area contributed by atoms with Gasteiger partial charge in [0, 0.05) is 18.2 Å². The molecule has 2 aromatic rings. The summed E-state index contributed by atoms with van der Waals surface area (Å²) in [6, 6.07) is 9.36. The normalized spacial score (nSPS) is 11.7. The van der Waals surface area contributed by atoms with Crippen LogP contribution in [0.25, 0.3) is 0 Å². The minimum absolute atomic E-state index is 0.108. The highest BCUT2D eigenvalue weighted by atomic mass is 16.5. The Morgan fingerprint density at radius 1 is 1.37 bits per heavy atom. The second-order valence-corrected chi connectivity index (χ2v) is 4.22. The molecule has 0 atom stereocenters. The van der Waals surface area contributed by atoms with E-state index in [4.69, 9.17) is 15.5 Å². The number of nitrogens with zero attached hydrogens (tertiary/aromatic N) is 2. The third kappa shape index (κ3) is 3.56. The molecule has 0 unspecified atom stereocenters. The molecular weight excluding hydrogens is 244 g/mol. The maximum Gasteiger partial charge on any atom is 0.170 e. The van der Waals surface area contributed by atoms with Crippen LogP contribution in [0.2, 0.25) is 0 Å². The van der Waals surface area contributed by atoms with Crippen LogP contribution >= 0.6 is 0 Å². The Kier molecular flexibility index (Phi) is 4.15. The van der Waals surface area contributed by atoms with Gasteiger partial charge in [-0.05, 0) is 12.5 Å². The predicted molar refractivity (Wildman–Crippen MR) is 70.7 cm³/mol. The molecule has 100 valence electrons. The summed E-state index contributed by atoms with van der Waals surface area (Å²) in [6.07, 6.45) is 0. The largest absolute Gasteiger partial charge is 0.409 e. The minimum atomic E-state index is 0.108. The number of rotatable bonds is 5. The van der Waals surface area contributed by atoms with E-state index in [2.05, 4.69) is 15.6 Å². The van der Waals surface area contributed by atoms with Crippen molar-refractivity contribution in [2.75, 3.05) is 0 Å². The van der Waals surface area contributed by atoms with Crippen molar-refractivity contribution in [3.63, 3.8) is 0 Å². The summed E-state index contributed by atoms with van der Waals surface area (Å²) >= 11 is 0. The lowest BCUT2D eigenvalue weighted by molar-refractivity contribution is 0.318. The lowest BCUT2D eigenvalue weighted by atomic mass is 10.1. The molecular formula is C13H16N4O2. The average molecular weight is 260 g/mol. The fourth-order valence-corrected chi connectivity index (χ4v) is 1.68. The molecule has 0 saturated carbocycles. The monoisotopic (exact) mass is 260 g/mol. The van der Waals surface area contributed by atoms with Crippen LogP contribution < -0.4 is 11.1 Å². The highest BCUT2D eigenvalue weighted by Crippen LogP contribution is 2.05. The molecule has 0 radical (unpaired) electrons. The first kappa shape index (κ1) is 13.1. The van der Waals surface area contributed by atoms with E-state index in [1.54, 1.807) is 0 Å². The first-order valence-corrected chi connectivity index (χ1v) is 5.89. The van der Waals surface area contributed by atoms with E-state index in [1.807, 2.05) is 37.3 Å². The fourth-order valence-electron chi connectivity index (χ4n) is 1.68. The van der Waals surface area contributed by atoms with Gasteiger partial charge in [-0.3, -0.25) is 0 Å². The lowest BCUT2D eigenvalue weighted by Gasteiger charge is -2.04. The third-order valence-electron chi connectivity index (χ3n) is 2.66. The number of nitrogens with one attached hydrogen (secondary N) is 1. The Morgan fingerprint density at radius 2 is 2.11 bits per heavy atom. The van der Waals surface area contributed by atoms with Gasteiger partial charge in [0.1, 0.15) is 0 Å².